The fourth-order valence-electron chi connectivity index (χ4n) is 1.63. The second-order valence-electron chi connectivity index (χ2n) is 4.55. The van der Waals surface area contributed by atoms with Crippen molar-refractivity contribution in [2.45, 2.75) is 13.5 Å². The van der Waals surface area contributed by atoms with Gasteiger partial charge in [0.25, 0.3) is 0 Å². The van der Waals surface area contributed by atoms with E-state index in [1.165, 1.54) is 4.68 Å². The smallest absolute Gasteiger partial charge is 0.329 e. The van der Waals surface area contributed by atoms with Crippen LogP contribution in [-0.2, 0) is 16.4 Å². The summed E-state index contributed by atoms with van der Waals surface area (Å²) in [5, 5.41) is 17.5. The number of nitrogens with zero attached hydrogens (tertiary/aromatic N) is 5. The normalized spacial score (nSPS) is 11.3. The highest BCUT2D eigenvalue weighted by molar-refractivity contribution is 7.91. The third-order valence-corrected chi connectivity index (χ3v) is 4.63. The van der Waals surface area contributed by atoms with Crippen molar-refractivity contribution in [1.29, 1.82) is 0 Å². The van der Waals surface area contributed by atoms with E-state index in [4.69, 9.17) is 5.73 Å². The van der Waals surface area contributed by atoms with E-state index in [2.05, 4.69) is 20.4 Å². The first kappa shape index (κ1) is 16.6. The van der Waals surface area contributed by atoms with Gasteiger partial charge in [-0.25, -0.2) is 13.4 Å². The zero-order valence-corrected chi connectivity index (χ0v) is 13.0. The first-order chi connectivity index (χ1) is 10.8. The third kappa shape index (κ3) is 4.35. The molecule has 0 fully saturated rings. The van der Waals surface area contributed by atoms with E-state index in [1.54, 1.807) is 19.2 Å². The van der Waals surface area contributed by atoms with Gasteiger partial charge in [0.05, 0.1) is 17.2 Å². The molecule has 2 aromatic heterocycles. The van der Waals surface area contributed by atoms with Gasteiger partial charge in [-0.3, -0.25) is 14.8 Å². The van der Waals surface area contributed by atoms with E-state index in [-0.39, 0.29) is 35.5 Å². The maximum absolute atomic E-state index is 11.4. The Balaban J connectivity index is 2.04. The molecule has 12 heteroatoms. The molecule has 0 radical (unpaired) electrons. The molecule has 2 rings (SSSR count). The Bertz CT molecular complexity index is 818. The second-order valence-corrected chi connectivity index (χ2v) is 7.02. The molecule has 0 amide bonds. The van der Waals surface area contributed by atoms with E-state index in [0.29, 0.717) is 5.82 Å². The van der Waals surface area contributed by atoms with Gasteiger partial charge < -0.3 is 11.1 Å². The van der Waals surface area contributed by atoms with E-state index >= 15 is 0 Å². The van der Waals surface area contributed by atoms with Gasteiger partial charge in [0.1, 0.15) is 6.20 Å². The molecule has 0 atom stereocenters. The first-order valence-electron chi connectivity index (χ1n) is 6.58. The number of hydrogen-bond acceptors (Lipinski definition) is 9. The largest absolute Gasteiger partial charge is 0.378 e. The van der Waals surface area contributed by atoms with Crippen molar-refractivity contribution >= 4 is 33.1 Å². The van der Waals surface area contributed by atoms with Crippen LogP contribution in [0.15, 0.2) is 18.5 Å². The highest BCUT2D eigenvalue weighted by Crippen LogP contribution is 2.19. The minimum absolute atomic E-state index is 0.00833. The lowest BCUT2D eigenvalue weighted by Gasteiger charge is -2.03. The number of sulfone groups is 1. The molecule has 11 nitrogen and oxygen atoms in total. The van der Waals surface area contributed by atoms with Crippen LogP contribution < -0.4 is 11.1 Å². The van der Waals surface area contributed by atoms with Crippen LogP contribution >= 0.6 is 0 Å². The Morgan fingerprint density at radius 3 is 2.83 bits per heavy atom. The van der Waals surface area contributed by atoms with Gasteiger partial charge in [-0.2, -0.15) is 10.1 Å². The van der Waals surface area contributed by atoms with Gasteiger partial charge in [-0.05, 0) is 0 Å². The zero-order chi connectivity index (χ0) is 17.0. The minimum atomic E-state index is -3.07. The molecule has 0 aliphatic rings. The van der Waals surface area contributed by atoms with Crippen molar-refractivity contribution in [1.82, 2.24) is 19.7 Å². The van der Waals surface area contributed by atoms with Crippen LogP contribution in [0.4, 0.5) is 23.3 Å². The predicted molar refractivity (Wildman–Crippen MR) is 82.9 cm³/mol. The molecule has 2 heterocycles. The second kappa shape index (κ2) is 6.56. The molecule has 0 saturated carbocycles. The van der Waals surface area contributed by atoms with E-state index in [9.17, 15) is 18.5 Å². The summed E-state index contributed by atoms with van der Waals surface area (Å²) in [6, 6.07) is 1.60. The van der Waals surface area contributed by atoms with Gasteiger partial charge in [0, 0.05) is 18.0 Å². The van der Waals surface area contributed by atoms with Crippen molar-refractivity contribution in [3.05, 3.63) is 28.6 Å². The number of hydrogen-bond donors (Lipinski definition) is 2. The highest BCUT2D eigenvalue weighted by Gasteiger charge is 2.14. The molecule has 23 heavy (non-hydrogen) atoms. The summed E-state index contributed by atoms with van der Waals surface area (Å²) in [4.78, 5) is 17.5. The van der Waals surface area contributed by atoms with Gasteiger partial charge in [0.15, 0.2) is 15.7 Å². The van der Waals surface area contributed by atoms with Crippen molar-refractivity contribution < 1.29 is 13.3 Å². The average molecular weight is 341 g/mol. The summed E-state index contributed by atoms with van der Waals surface area (Å²) in [5.74, 6) is 0.230. The standard InChI is InChI=1S/C11H15N7O4S/c1-2-23(21,22)6-5-17-4-3-9(16-17)14-11-13-7-8(18(19)20)10(12)15-11/h3-4,7H,2,5-6H2,1H3,(H3,12,13,14,15,16). The topological polar surface area (TPSA) is 159 Å². The summed E-state index contributed by atoms with van der Waals surface area (Å²) in [6.45, 7) is 1.81. The maximum atomic E-state index is 11.4. The molecule has 0 aliphatic carbocycles. The van der Waals surface area contributed by atoms with Gasteiger partial charge >= 0.3 is 5.69 Å². The van der Waals surface area contributed by atoms with Crippen LogP contribution in [-0.4, -0.2) is 44.6 Å². The summed E-state index contributed by atoms with van der Waals surface area (Å²) in [6.07, 6.45) is 2.59. The molecule has 2 aromatic rings. The van der Waals surface area contributed by atoms with Crippen LogP contribution in [0.2, 0.25) is 0 Å². The van der Waals surface area contributed by atoms with Gasteiger partial charge in [-0.1, -0.05) is 6.92 Å². The zero-order valence-electron chi connectivity index (χ0n) is 12.2. The van der Waals surface area contributed by atoms with Crippen LogP contribution in [0.3, 0.4) is 0 Å². The van der Waals surface area contributed by atoms with E-state index in [1.807, 2.05) is 0 Å². The number of rotatable bonds is 7. The number of anilines is 3. The molecule has 0 spiro atoms. The molecule has 0 aliphatic heterocycles. The Morgan fingerprint density at radius 2 is 2.22 bits per heavy atom. The quantitative estimate of drug-likeness (QED) is 0.534. The third-order valence-electron chi connectivity index (χ3n) is 2.95. The fraction of sp³-hybridized carbons (Fsp3) is 0.364. The number of nitrogens with one attached hydrogen (secondary N) is 1. The Morgan fingerprint density at radius 1 is 1.48 bits per heavy atom. The monoisotopic (exact) mass is 341 g/mol. The minimum Gasteiger partial charge on any atom is -0.378 e. The SMILES string of the molecule is CCS(=O)(=O)CCn1ccc(Nc2ncc([N+](=O)[O-])c(N)n2)n1. The lowest BCUT2D eigenvalue weighted by Crippen LogP contribution is -2.15. The summed E-state index contributed by atoms with van der Waals surface area (Å²) in [5.41, 5.74) is 5.08. The predicted octanol–water partition coefficient (Wildman–Crippen LogP) is 0.342. The number of nitrogens with two attached hydrogens (primary N) is 1. The molecule has 0 saturated heterocycles. The summed E-state index contributed by atoms with van der Waals surface area (Å²) >= 11 is 0. The van der Waals surface area contributed by atoms with Crippen LogP contribution in [0.5, 0.6) is 0 Å². The molecular formula is C11H15N7O4S. The molecule has 0 bridgehead atoms. The Hall–Kier alpha value is -2.76. The average Bonchev–Trinajstić information content (AvgIpc) is 2.92. The highest BCUT2D eigenvalue weighted by atomic mass is 32.2. The molecule has 0 unspecified atom stereocenters. The van der Waals surface area contributed by atoms with Crippen LogP contribution in [0.1, 0.15) is 6.92 Å². The van der Waals surface area contributed by atoms with Crippen molar-refractivity contribution in [2.24, 2.45) is 0 Å². The Labute approximate surface area is 131 Å². The first-order valence-corrected chi connectivity index (χ1v) is 8.40. The fourth-order valence-corrected chi connectivity index (χ4v) is 2.39. The van der Waals surface area contributed by atoms with Crippen molar-refractivity contribution in [3.63, 3.8) is 0 Å². The number of nitro groups is 1. The molecule has 0 aromatic carbocycles. The lowest BCUT2D eigenvalue weighted by atomic mass is 10.5. The van der Waals surface area contributed by atoms with E-state index < -0.39 is 14.8 Å². The van der Waals surface area contributed by atoms with Crippen molar-refractivity contribution in [2.75, 3.05) is 22.6 Å². The van der Waals surface area contributed by atoms with Gasteiger partial charge in [0.2, 0.25) is 11.8 Å². The van der Waals surface area contributed by atoms with Gasteiger partial charge in [-0.15, -0.1) is 0 Å². The summed E-state index contributed by atoms with van der Waals surface area (Å²) < 4.78 is 24.4. The summed E-state index contributed by atoms with van der Waals surface area (Å²) in [7, 11) is -3.07. The van der Waals surface area contributed by atoms with E-state index in [0.717, 1.165) is 6.20 Å². The van der Waals surface area contributed by atoms with Crippen LogP contribution in [0.25, 0.3) is 0 Å². The maximum Gasteiger partial charge on any atom is 0.329 e. The Kier molecular flexibility index (Phi) is 4.74. The molecular weight excluding hydrogens is 326 g/mol. The van der Waals surface area contributed by atoms with Crippen molar-refractivity contribution in [3.8, 4) is 0 Å². The lowest BCUT2D eigenvalue weighted by molar-refractivity contribution is -0.384. The molecule has 3 N–H and O–H groups in total. The van der Waals surface area contributed by atoms with Crippen LogP contribution in [0, 0.1) is 10.1 Å². The number of aromatic nitrogens is 4. The number of aryl methyl sites for hydroxylation is 1. The number of nitrogen functional groups attached to an aromatic ring is 1. The molecule has 124 valence electrons.